The van der Waals surface area contributed by atoms with Crippen LogP contribution in [0, 0.1) is 5.92 Å². The van der Waals surface area contributed by atoms with Crippen LogP contribution < -0.4 is 5.73 Å². The van der Waals surface area contributed by atoms with Crippen LogP contribution in [0.3, 0.4) is 0 Å². The van der Waals surface area contributed by atoms with E-state index in [1.54, 1.807) is 6.92 Å². The van der Waals surface area contributed by atoms with Crippen molar-refractivity contribution in [3.8, 4) is 0 Å². The average Bonchev–Trinajstić information content (AvgIpc) is 2.07. The molecule has 3 atom stereocenters. The highest BCUT2D eigenvalue weighted by molar-refractivity contribution is 4.78. The topological polar surface area (TPSA) is 58.7 Å². The summed E-state index contributed by atoms with van der Waals surface area (Å²) >= 11 is 0. The van der Waals surface area contributed by atoms with Crippen LogP contribution in [0.1, 0.15) is 13.3 Å². The first kappa shape index (κ1) is 11.9. The van der Waals surface area contributed by atoms with Gasteiger partial charge in [0.2, 0.25) is 0 Å². The van der Waals surface area contributed by atoms with E-state index in [2.05, 4.69) is 4.90 Å². The van der Waals surface area contributed by atoms with Gasteiger partial charge in [0.05, 0.1) is 12.7 Å². The highest BCUT2D eigenvalue weighted by atomic mass is 16.5. The lowest BCUT2D eigenvalue weighted by molar-refractivity contribution is 0.0240. The van der Waals surface area contributed by atoms with Gasteiger partial charge in [0.25, 0.3) is 0 Å². The molecule has 0 bridgehead atoms. The Morgan fingerprint density at radius 1 is 1.64 bits per heavy atom. The standard InChI is InChI=1S/C10H22N2O2/c1-8(13)5-12(2)6-9-7-14-4-3-10(9)11/h8-10,13H,3-7,11H2,1-2H3. The third-order valence-corrected chi connectivity index (χ3v) is 2.66. The van der Waals surface area contributed by atoms with E-state index in [-0.39, 0.29) is 12.1 Å². The van der Waals surface area contributed by atoms with Crippen molar-refractivity contribution in [3.63, 3.8) is 0 Å². The van der Waals surface area contributed by atoms with Crippen LogP contribution in [0.4, 0.5) is 0 Å². The Morgan fingerprint density at radius 2 is 2.36 bits per heavy atom. The molecule has 0 radical (unpaired) electrons. The van der Waals surface area contributed by atoms with Gasteiger partial charge in [-0.25, -0.2) is 0 Å². The number of nitrogens with two attached hydrogens (primary N) is 1. The number of likely N-dealkylation sites (N-methyl/N-ethyl adjacent to an activating group) is 1. The summed E-state index contributed by atoms with van der Waals surface area (Å²) in [5, 5.41) is 9.21. The molecule has 84 valence electrons. The number of ether oxygens (including phenoxy) is 1. The van der Waals surface area contributed by atoms with Crippen molar-refractivity contribution < 1.29 is 9.84 Å². The maximum absolute atomic E-state index is 9.21. The lowest BCUT2D eigenvalue weighted by Gasteiger charge is -2.32. The predicted molar refractivity (Wildman–Crippen MR) is 56.1 cm³/mol. The fraction of sp³-hybridized carbons (Fsp3) is 1.00. The molecule has 0 spiro atoms. The third-order valence-electron chi connectivity index (χ3n) is 2.66. The minimum Gasteiger partial charge on any atom is -0.392 e. The zero-order chi connectivity index (χ0) is 10.6. The average molecular weight is 202 g/mol. The van der Waals surface area contributed by atoms with Crippen molar-refractivity contribution in [2.75, 3.05) is 33.4 Å². The first-order chi connectivity index (χ1) is 6.59. The molecule has 0 aromatic heterocycles. The molecule has 1 aliphatic heterocycles. The number of aliphatic hydroxyl groups excluding tert-OH is 1. The quantitative estimate of drug-likeness (QED) is 0.655. The molecule has 4 nitrogen and oxygen atoms in total. The molecule has 0 aliphatic carbocycles. The number of hydrogen-bond donors (Lipinski definition) is 2. The summed E-state index contributed by atoms with van der Waals surface area (Å²) in [5.74, 6) is 0.410. The van der Waals surface area contributed by atoms with E-state index in [0.29, 0.717) is 12.5 Å². The van der Waals surface area contributed by atoms with E-state index in [9.17, 15) is 5.11 Å². The fourth-order valence-electron chi connectivity index (χ4n) is 1.93. The van der Waals surface area contributed by atoms with Crippen molar-refractivity contribution in [2.24, 2.45) is 11.7 Å². The maximum Gasteiger partial charge on any atom is 0.0638 e. The molecule has 0 aromatic carbocycles. The fourth-order valence-corrected chi connectivity index (χ4v) is 1.93. The second-order valence-electron chi connectivity index (χ2n) is 4.36. The predicted octanol–water partition coefficient (Wildman–Crippen LogP) is -0.337. The van der Waals surface area contributed by atoms with Crippen molar-refractivity contribution >= 4 is 0 Å². The van der Waals surface area contributed by atoms with Gasteiger partial charge >= 0.3 is 0 Å². The highest BCUT2D eigenvalue weighted by Crippen LogP contribution is 2.13. The van der Waals surface area contributed by atoms with E-state index in [1.807, 2.05) is 7.05 Å². The van der Waals surface area contributed by atoms with Gasteiger partial charge in [0, 0.05) is 31.7 Å². The van der Waals surface area contributed by atoms with Gasteiger partial charge in [-0.2, -0.15) is 0 Å². The van der Waals surface area contributed by atoms with Gasteiger partial charge < -0.3 is 20.5 Å². The Bertz CT molecular complexity index is 164. The van der Waals surface area contributed by atoms with Crippen molar-refractivity contribution in [1.29, 1.82) is 0 Å². The summed E-state index contributed by atoms with van der Waals surface area (Å²) in [5.41, 5.74) is 5.99. The van der Waals surface area contributed by atoms with Crippen LogP contribution in [0.15, 0.2) is 0 Å². The van der Waals surface area contributed by atoms with Crippen LogP contribution in [-0.4, -0.2) is 55.5 Å². The first-order valence-corrected chi connectivity index (χ1v) is 5.29. The van der Waals surface area contributed by atoms with Crippen LogP contribution >= 0.6 is 0 Å². The molecule has 0 amide bonds. The molecule has 4 heteroatoms. The molecule has 0 aromatic rings. The van der Waals surface area contributed by atoms with Crippen LogP contribution in [0.5, 0.6) is 0 Å². The summed E-state index contributed by atoms with van der Waals surface area (Å²) in [7, 11) is 2.01. The molecule has 3 N–H and O–H groups in total. The maximum atomic E-state index is 9.21. The monoisotopic (exact) mass is 202 g/mol. The van der Waals surface area contributed by atoms with Crippen molar-refractivity contribution in [2.45, 2.75) is 25.5 Å². The lowest BCUT2D eigenvalue weighted by atomic mass is 9.96. The summed E-state index contributed by atoms with van der Waals surface area (Å²) in [6, 6.07) is 0.250. The minimum absolute atomic E-state index is 0.250. The summed E-state index contributed by atoms with van der Waals surface area (Å²) < 4.78 is 5.39. The SMILES string of the molecule is CC(O)CN(C)CC1COCCC1N. The first-order valence-electron chi connectivity index (χ1n) is 5.29. The molecule has 1 fully saturated rings. The molecule has 14 heavy (non-hydrogen) atoms. The van der Waals surface area contributed by atoms with Crippen LogP contribution in [0.25, 0.3) is 0 Å². The van der Waals surface area contributed by atoms with Gasteiger partial charge in [-0.1, -0.05) is 0 Å². The Balaban J connectivity index is 2.27. The van der Waals surface area contributed by atoms with Gasteiger partial charge in [0.1, 0.15) is 0 Å². The molecular formula is C10H22N2O2. The lowest BCUT2D eigenvalue weighted by Crippen LogP contribution is -2.45. The Kier molecular flexibility index (Phi) is 4.81. The van der Waals surface area contributed by atoms with Gasteiger partial charge in [-0.05, 0) is 20.4 Å². The summed E-state index contributed by atoms with van der Waals surface area (Å²) in [6.45, 7) is 4.95. The van der Waals surface area contributed by atoms with Crippen LogP contribution in [0.2, 0.25) is 0 Å². The summed E-state index contributed by atoms with van der Waals surface area (Å²) in [4.78, 5) is 2.11. The normalized spacial score (nSPS) is 30.6. The largest absolute Gasteiger partial charge is 0.392 e. The smallest absolute Gasteiger partial charge is 0.0638 e. The molecule has 1 aliphatic rings. The zero-order valence-corrected chi connectivity index (χ0v) is 9.15. The highest BCUT2D eigenvalue weighted by Gasteiger charge is 2.23. The van der Waals surface area contributed by atoms with Crippen molar-refractivity contribution in [3.05, 3.63) is 0 Å². The van der Waals surface area contributed by atoms with E-state index in [0.717, 1.165) is 26.2 Å². The molecule has 1 saturated heterocycles. The van der Waals surface area contributed by atoms with E-state index in [4.69, 9.17) is 10.5 Å². The zero-order valence-electron chi connectivity index (χ0n) is 9.15. The van der Waals surface area contributed by atoms with Crippen LogP contribution in [-0.2, 0) is 4.74 Å². The van der Waals surface area contributed by atoms with Gasteiger partial charge in [-0.15, -0.1) is 0 Å². The molecule has 3 unspecified atom stereocenters. The van der Waals surface area contributed by atoms with E-state index >= 15 is 0 Å². The summed E-state index contributed by atoms with van der Waals surface area (Å²) in [6.07, 6.45) is 0.674. The number of nitrogens with zero attached hydrogens (tertiary/aromatic N) is 1. The molecule has 1 heterocycles. The minimum atomic E-state index is -0.277. The number of aliphatic hydroxyl groups is 1. The van der Waals surface area contributed by atoms with Gasteiger partial charge in [0.15, 0.2) is 0 Å². The van der Waals surface area contributed by atoms with Crippen molar-refractivity contribution in [1.82, 2.24) is 4.90 Å². The van der Waals surface area contributed by atoms with E-state index in [1.165, 1.54) is 0 Å². The number of hydrogen-bond acceptors (Lipinski definition) is 4. The van der Waals surface area contributed by atoms with Gasteiger partial charge in [-0.3, -0.25) is 0 Å². The second-order valence-corrected chi connectivity index (χ2v) is 4.36. The number of rotatable bonds is 4. The Labute approximate surface area is 86.0 Å². The third kappa shape index (κ3) is 3.92. The molecular weight excluding hydrogens is 180 g/mol. The Hall–Kier alpha value is -0.160. The molecule has 1 rings (SSSR count). The van der Waals surface area contributed by atoms with E-state index < -0.39 is 0 Å². The Morgan fingerprint density at radius 3 is 2.93 bits per heavy atom. The molecule has 0 saturated carbocycles. The second kappa shape index (κ2) is 5.66.